The Kier molecular flexibility index (Phi) is 8.67. The molecular weight excluding hydrogens is 430 g/mol. The number of ether oxygens (including phenoxy) is 1. The van der Waals surface area contributed by atoms with Gasteiger partial charge < -0.3 is 16.2 Å². The summed E-state index contributed by atoms with van der Waals surface area (Å²) in [6.07, 6.45) is 0.875. The minimum atomic E-state index is -0.333. The van der Waals surface area contributed by atoms with Gasteiger partial charge in [0.05, 0.1) is 12.7 Å². The lowest BCUT2D eigenvalue weighted by Gasteiger charge is -2.21. The van der Waals surface area contributed by atoms with Gasteiger partial charge in [-0.25, -0.2) is 4.79 Å². The van der Waals surface area contributed by atoms with E-state index in [1.165, 1.54) is 7.11 Å². The lowest BCUT2D eigenvalue weighted by atomic mass is 9.90. The second-order valence-electron chi connectivity index (χ2n) is 8.46. The molecule has 0 unspecified atom stereocenters. The molecule has 4 N–H and O–H groups in total. The number of benzene rings is 2. The van der Waals surface area contributed by atoms with Crippen molar-refractivity contribution in [1.82, 2.24) is 4.98 Å². The standard InChI is InChI=1S/C27H33N3O2S/c1-17(2)13-24-22(15-29)26(20-11-9-19(14-28)10-12-20)23(18(3)30-24)16-33-25-8-6-5-7-21(25)27(31)32-4/h5-12,17H,13-16,28-29H2,1-4H3. The molecule has 0 radical (unpaired) electrons. The number of rotatable bonds is 9. The zero-order chi connectivity index (χ0) is 24.0. The van der Waals surface area contributed by atoms with Crippen LogP contribution in [-0.4, -0.2) is 18.1 Å². The molecule has 174 valence electrons. The van der Waals surface area contributed by atoms with Gasteiger partial charge in [0.25, 0.3) is 0 Å². The molecule has 0 amide bonds. The molecule has 0 atom stereocenters. The van der Waals surface area contributed by atoms with Crippen LogP contribution in [0.25, 0.3) is 11.1 Å². The predicted molar refractivity (Wildman–Crippen MR) is 136 cm³/mol. The molecular formula is C27H33N3O2S. The van der Waals surface area contributed by atoms with Crippen LogP contribution >= 0.6 is 11.8 Å². The number of aromatic nitrogens is 1. The monoisotopic (exact) mass is 463 g/mol. The summed E-state index contributed by atoms with van der Waals surface area (Å²) in [5.41, 5.74) is 20.3. The van der Waals surface area contributed by atoms with Gasteiger partial charge in [-0.05, 0) is 59.2 Å². The Balaban J connectivity index is 2.11. The number of thioether (sulfide) groups is 1. The molecule has 0 aliphatic rings. The summed E-state index contributed by atoms with van der Waals surface area (Å²) in [6.45, 7) is 7.37. The van der Waals surface area contributed by atoms with Crippen molar-refractivity contribution < 1.29 is 9.53 Å². The first-order valence-electron chi connectivity index (χ1n) is 11.2. The van der Waals surface area contributed by atoms with E-state index in [1.807, 2.05) is 18.2 Å². The van der Waals surface area contributed by atoms with Crippen molar-refractivity contribution in [3.63, 3.8) is 0 Å². The molecule has 0 bridgehead atoms. The van der Waals surface area contributed by atoms with Crippen molar-refractivity contribution >= 4 is 17.7 Å². The Morgan fingerprint density at radius 3 is 2.33 bits per heavy atom. The van der Waals surface area contributed by atoms with Crippen LogP contribution in [0.15, 0.2) is 53.4 Å². The number of carbonyl (C=O) groups excluding carboxylic acids is 1. The molecule has 3 rings (SSSR count). The van der Waals surface area contributed by atoms with Crippen LogP contribution in [0.5, 0.6) is 0 Å². The number of hydrogen-bond acceptors (Lipinski definition) is 6. The summed E-state index contributed by atoms with van der Waals surface area (Å²) in [6, 6.07) is 15.9. The van der Waals surface area contributed by atoms with Gasteiger partial charge in [-0.15, -0.1) is 11.8 Å². The molecule has 0 aliphatic heterocycles. The number of hydrogen-bond donors (Lipinski definition) is 2. The average Bonchev–Trinajstić information content (AvgIpc) is 2.82. The number of nitrogens with two attached hydrogens (primary N) is 2. The van der Waals surface area contributed by atoms with E-state index in [9.17, 15) is 4.79 Å². The molecule has 1 heterocycles. The summed E-state index contributed by atoms with van der Waals surface area (Å²) in [4.78, 5) is 18.1. The van der Waals surface area contributed by atoms with Gasteiger partial charge in [0.15, 0.2) is 0 Å². The third-order valence-corrected chi connectivity index (χ3v) is 6.74. The normalized spacial score (nSPS) is 11.1. The second kappa shape index (κ2) is 11.5. The van der Waals surface area contributed by atoms with Gasteiger partial charge in [-0.2, -0.15) is 0 Å². The fourth-order valence-electron chi connectivity index (χ4n) is 3.97. The molecule has 1 aromatic heterocycles. The largest absolute Gasteiger partial charge is 0.465 e. The highest BCUT2D eigenvalue weighted by Gasteiger charge is 2.20. The van der Waals surface area contributed by atoms with Crippen LogP contribution in [0.1, 0.15) is 52.3 Å². The van der Waals surface area contributed by atoms with E-state index in [-0.39, 0.29) is 5.97 Å². The highest BCUT2D eigenvalue weighted by molar-refractivity contribution is 7.98. The van der Waals surface area contributed by atoms with Crippen molar-refractivity contribution in [2.45, 2.75) is 50.9 Å². The first-order valence-corrected chi connectivity index (χ1v) is 12.2. The van der Waals surface area contributed by atoms with E-state index >= 15 is 0 Å². The SMILES string of the molecule is COC(=O)c1ccccc1SCc1c(C)nc(CC(C)C)c(CN)c1-c1ccc(CN)cc1. The Hall–Kier alpha value is -2.67. The summed E-state index contributed by atoms with van der Waals surface area (Å²) >= 11 is 1.61. The van der Waals surface area contributed by atoms with Crippen LogP contribution in [0.3, 0.4) is 0 Å². The fourth-order valence-corrected chi connectivity index (χ4v) is 5.11. The second-order valence-corrected chi connectivity index (χ2v) is 9.47. The maximum atomic E-state index is 12.2. The van der Waals surface area contributed by atoms with Gasteiger partial charge in [-0.1, -0.05) is 50.2 Å². The van der Waals surface area contributed by atoms with Gasteiger partial charge >= 0.3 is 5.97 Å². The summed E-state index contributed by atoms with van der Waals surface area (Å²) in [5.74, 6) is 0.803. The van der Waals surface area contributed by atoms with Gasteiger partial charge in [0, 0.05) is 35.1 Å². The Bertz CT molecular complexity index is 1110. The highest BCUT2D eigenvalue weighted by atomic mass is 32.2. The number of carbonyl (C=O) groups is 1. The first kappa shape index (κ1) is 25.0. The molecule has 0 spiro atoms. The van der Waals surface area contributed by atoms with Crippen LogP contribution in [-0.2, 0) is 30.0 Å². The van der Waals surface area contributed by atoms with Gasteiger partial charge in [-0.3, -0.25) is 4.98 Å². The minimum Gasteiger partial charge on any atom is -0.465 e. The third-order valence-electron chi connectivity index (χ3n) is 5.64. The summed E-state index contributed by atoms with van der Waals surface area (Å²) in [7, 11) is 1.40. The lowest BCUT2D eigenvalue weighted by Crippen LogP contribution is -2.13. The van der Waals surface area contributed by atoms with Gasteiger partial charge in [0.2, 0.25) is 0 Å². The lowest BCUT2D eigenvalue weighted by molar-refractivity contribution is 0.0597. The summed E-state index contributed by atoms with van der Waals surface area (Å²) in [5, 5.41) is 0. The molecule has 0 aliphatic carbocycles. The first-order chi connectivity index (χ1) is 15.9. The highest BCUT2D eigenvalue weighted by Crippen LogP contribution is 2.37. The van der Waals surface area contributed by atoms with Crippen LogP contribution in [0, 0.1) is 12.8 Å². The zero-order valence-electron chi connectivity index (χ0n) is 19.9. The van der Waals surface area contributed by atoms with E-state index < -0.39 is 0 Å². The minimum absolute atomic E-state index is 0.333. The molecule has 0 saturated heterocycles. The maximum Gasteiger partial charge on any atom is 0.338 e. The molecule has 5 nitrogen and oxygen atoms in total. The maximum absolute atomic E-state index is 12.2. The molecule has 0 fully saturated rings. The molecule has 3 aromatic rings. The Morgan fingerprint density at radius 2 is 1.73 bits per heavy atom. The molecule has 0 saturated carbocycles. The van der Waals surface area contributed by atoms with E-state index in [4.69, 9.17) is 21.2 Å². The van der Waals surface area contributed by atoms with Crippen molar-refractivity contribution in [3.05, 3.63) is 82.2 Å². The quantitative estimate of drug-likeness (QED) is 0.333. The fraction of sp³-hybridized carbons (Fsp3) is 0.333. The van der Waals surface area contributed by atoms with Crippen LogP contribution < -0.4 is 11.5 Å². The van der Waals surface area contributed by atoms with E-state index in [2.05, 4.69) is 45.0 Å². The number of esters is 1. The molecule has 2 aromatic carbocycles. The smallest absolute Gasteiger partial charge is 0.338 e. The number of pyridine rings is 1. The molecule has 33 heavy (non-hydrogen) atoms. The topological polar surface area (TPSA) is 91.2 Å². The molecule has 6 heteroatoms. The van der Waals surface area contributed by atoms with E-state index in [1.54, 1.807) is 17.8 Å². The number of methoxy groups -OCH3 is 1. The Morgan fingerprint density at radius 1 is 1.03 bits per heavy atom. The van der Waals surface area contributed by atoms with Crippen molar-refractivity contribution in [2.24, 2.45) is 17.4 Å². The van der Waals surface area contributed by atoms with E-state index in [0.29, 0.717) is 30.3 Å². The number of nitrogens with zero attached hydrogens (tertiary/aromatic N) is 1. The van der Waals surface area contributed by atoms with Crippen LogP contribution in [0.4, 0.5) is 0 Å². The van der Waals surface area contributed by atoms with Crippen LogP contribution in [0.2, 0.25) is 0 Å². The third kappa shape index (κ3) is 5.82. The Labute approximate surface area is 200 Å². The predicted octanol–water partition coefficient (Wildman–Crippen LogP) is 5.25. The van der Waals surface area contributed by atoms with Crippen molar-refractivity contribution in [3.8, 4) is 11.1 Å². The van der Waals surface area contributed by atoms with E-state index in [0.717, 1.165) is 50.5 Å². The van der Waals surface area contributed by atoms with Crippen molar-refractivity contribution in [1.29, 1.82) is 0 Å². The zero-order valence-corrected chi connectivity index (χ0v) is 20.7. The average molecular weight is 464 g/mol. The van der Waals surface area contributed by atoms with Gasteiger partial charge in [0.1, 0.15) is 0 Å². The summed E-state index contributed by atoms with van der Waals surface area (Å²) < 4.78 is 4.97. The van der Waals surface area contributed by atoms with Crippen molar-refractivity contribution in [2.75, 3.05) is 7.11 Å². The number of aryl methyl sites for hydroxylation is 1.